The first-order valence-corrected chi connectivity index (χ1v) is 7.32. The van der Waals surface area contributed by atoms with Crippen LogP contribution < -0.4 is 4.90 Å². The number of benzene rings is 2. The number of para-hydroxylation sites is 1. The Kier molecular flexibility index (Phi) is 5.25. The number of nitro groups is 1. The van der Waals surface area contributed by atoms with Gasteiger partial charge in [0.2, 0.25) is 0 Å². The minimum absolute atomic E-state index is 0.0311. The fourth-order valence-electron chi connectivity index (χ4n) is 2.28. The first-order chi connectivity index (χ1) is 11.0. The third-order valence-corrected chi connectivity index (χ3v) is 3.51. The number of amides is 1. The standard InChI is InChI=1S/C18H18N2O3/c1-3-19(17-7-5-4-6-14(17)2)18(21)13-10-15-8-11-16(12-9-15)20(22)23/h4-13H,3H2,1-2H3. The average Bonchev–Trinajstić information content (AvgIpc) is 2.55. The summed E-state index contributed by atoms with van der Waals surface area (Å²) in [7, 11) is 0. The fourth-order valence-corrected chi connectivity index (χ4v) is 2.28. The van der Waals surface area contributed by atoms with Crippen LogP contribution >= 0.6 is 0 Å². The molecule has 0 atom stereocenters. The van der Waals surface area contributed by atoms with Gasteiger partial charge in [-0.15, -0.1) is 0 Å². The molecule has 0 N–H and O–H groups in total. The maximum Gasteiger partial charge on any atom is 0.269 e. The quantitative estimate of drug-likeness (QED) is 0.477. The second kappa shape index (κ2) is 7.35. The number of likely N-dealkylation sites (N-methyl/N-ethyl adjacent to an activating group) is 1. The number of nitro benzene ring substituents is 1. The molecule has 0 unspecified atom stereocenters. The molecule has 23 heavy (non-hydrogen) atoms. The van der Waals surface area contributed by atoms with Crippen molar-refractivity contribution in [3.8, 4) is 0 Å². The van der Waals surface area contributed by atoms with Crippen LogP contribution in [0.5, 0.6) is 0 Å². The van der Waals surface area contributed by atoms with Crippen molar-refractivity contribution >= 4 is 23.4 Å². The van der Waals surface area contributed by atoms with Crippen molar-refractivity contribution in [2.75, 3.05) is 11.4 Å². The SMILES string of the molecule is CCN(C(=O)C=Cc1ccc([N+](=O)[O-])cc1)c1ccccc1C. The molecule has 0 heterocycles. The average molecular weight is 310 g/mol. The summed E-state index contributed by atoms with van der Waals surface area (Å²) in [5.74, 6) is -0.125. The normalized spacial score (nSPS) is 10.7. The van der Waals surface area contributed by atoms with Gasteiger partial charge in [0.05, 0.1) is 4.92 Å². The third kappa shape index (κ3) is 4.03. The second-order valence-electron chi connectivity index (χ2n) is 5.05. The molecule has 0 radical (unpaired) electrons. The van der Waals surface area contributed by atoms with Gasteiger partial charge in [0.25, 0.3) is 11.6 Å². The van der Waals surface area contributed by atoms with Gasteiger partial charge in [0.1, 0.15) is 0 Å². The van der Waals surface area contributed by atoms with Crippen molar-refractivity contribution in [1.82, 2.24) is 0 Å². The van der Waals surface area contributed by atoms with Gasteiger partial charge in [0, 0.05) is 30.4 Å². The van der Waals surface area contributed by atoms with E-state index in [1.54, 1.807) is 23.1 Å². The Labute approximate surface area is 135 Å². The summed E-state index contributed by atoms with van der Waals surface area (Å²) in [5, 5.41) is 10.6. The summed E-state index contributed by atoms with van der Waals surface area (Å²) in [6.07, 6.45) is 3.14. The summed E-state index contributed by atoms with van der Waals surface area (Å²) < 4.78 is 0. The first kappa shape index (κ1) is 16.4. The number of rotatable bonds is 5. The lowest BCUT2D eigenvalue weighted by Gasteiger charge is -2.21. The van der Waals surface area contributed by atoms with E-state index in [4.69, 9.17) is 0 Å². The summed E-state index contributed by atoms with van der Waals surface area (Å²) in [6.45, 7) is 4.45. The van der Waals surface area contributed by atoms with Crippen molar-refractivity contribution in [1.29, 1.82) is 0 Å². The highest BCUT2D eigenvalue weighted by atomic mass is 16.6. The van der Waals surface area contributed by atoms with E-state index in [0.29, 0.717) is 6.54 Å². The first-order valence-electron chi connectivity index (χ1n) is 7.32. The molecular weight excluding hydrogens is 292 g/mol. The Morgan fingerprint density at radius 2 is 1.83 bits per heavy atom. The van der Waals surface area contributed by atoms with E-state index in [-0.39, 0.29) is 11.6 Å². The van der Waals surface area contributed by atoms with Gasteiger partial charge in [-0.25, -0.2) is 0 Å². The number of carbonyl (C=O) groups excluding carboxylic acids is 1. The van der Waals surface area contributed by atoms with Crippen LogP contribution in [0, 0.1) is 17.0 Å². The van der Waals surface area contributed by atoms with Crippen LogP contribution in [0.15, 0.2) is 54.6 Å². The van der Waals surface area contributed by atoms with Crippen LogP contribution in [-0.4, -0.2) is 17.4 Å². The van der Waals surface area contributed by atoms with E-state index in [2.05, 4.69) is 0 Å². The number of nitrogens with zero attached hydrogens (tertiary/aromatic N) is 2. The topological polar surface area (TPSA) is 63.5 Å². The lowest BCUT2D eigenvalue weighted by Crippen LogP contribution is -2.29. The molecule has 2 aromatic rings. The Morgan fingerprint density at radius 1 is 1.17 bits per heavy atom. The smallest absolute Gasteiger partial charge is 0.269 e. The Bertz CT molecular complexity index is 736. The Hall–Kier alpha value is -2.95. The van der Waals surface area contributed by atoms with E-state index >= 15 is 0 Å². The molecular formula is C18H18N2O3. The van der Waals surface area contributed by atoms with Gasteiger partial charge < -0.3 is 4.90 Å². The molecule has 0 aliphatic heterocycles. The van der Waals surface area contributed by atoms with E-state index in [0.717, 1.165) is 16.8 Å². The molecule has 5 heteroatoms. The van der Waals surface area contributed by atoms with Gasteiger partial charge in [-0.3, -0.25) is 14.9 Å². The molecule has 118 valence electrons. The number of hydrogen-bond acceptors (Lipinski definition) is 3. The molecule has 0 spiro atoms. The summed E-state index contributed by atoms with van der Waals surface area (Å²) in [4.78, 5) is 24.3. The molecule has 0 aliphatic rings. The molecule has 0 saturated carbocycles. The maximum atomic E-state index is 12.4. The van der Waals surface area contributed by atoms with E-state index in [9.17, 15) is 14.9 Å². The molecule has 2 rings (SSSR count). The summed E-state index contributed by atoms with van der Waals surface area (Å²) in [5.41, 5.74) is 2.69. The highest BCUT2D eigenvalue weighted by molar-refractivity contribution is 6.04. The van der Waals surface area contributed by atoms with Gasteiger partial charge >= 0.3 is 0 Å². The van der Waals surface area contributed by atoms with Gasteiger partial charge in [-0.1, -0.05) is 18.2 Å². The van der Waals surface area contributed by atoms with Crippen LogP contribution in [0.25, 0.3) is 6.08 Å². The predicted molar refractivity (Wildman–Crippen MR) is 91.3 cm³/mol. The van der Waals surface area contributed by atoms with Crippen molar-refractivity contribution in [2.24, 2.45) is 0 Å². The van der Waals surface area contributed by atoms with Crippen LogP contribution in [-0.2, 0) is 4.79 Å². The van der Waals surface area contributed by atoms with Crippen LogP contribution in [0.4, 0.5) is 11.4 Å². The minimum Gasteiger partial charge on any atom is -0.309 e. The van der Waals surface area contributed by atoms with Crippen LogP contribution in [0.3, 0.4) is 0 Å². The monoisotopic (exact) mass is 310 g/mol. The molecule has 0 aliphatic carbocycles. The summed E-state index contributed by atoms with van der Waals surface area (Å²) >= 11 is 0. The van der Waals surface area contributed by atoms with Crippen molar-refractivity contribution in [3.63, 3.8) is 0 Å². The Balaban J connectivity index is 2.16. The largest absolute Gasteiger partial charge is 0.309 e. The van der Waals surface area contributed by atoms with Crippen LogP contribution in [0.2, 0.25) is 0 Å². The number of hydrogen-bond donors (Lipinski definition) is 0. The number of anilines is 1. The zero-order valence-corrected chi connectivity index (χ0v) is 13.1. The lowest BCUT2D eigenvalue weighted by atomic mass is 10.1. The predicted octanol–water partition coefficient (Wildman–Crippen LogP) is 3.97. The lowest BCUT2D eigenvalue weighted by molar-refractivity contribution is -0.384. The van der Waals surface area contributed by atoms with E-state index in [1.165, 1.54) is 18.2 Å². The number of carbonyl (C=O) groups is 1. The second-order valence-corrected chi connectivity index (χ2v) is 5.05. The molecule has 0 aromatic heterocycles. The van der Waals surface area contributed by atoms with E-state index in [1.807, 2.05) is 38.1 Å². The van der Waals surface area contributed by atoms with E-state index < -0.39 is 4.92 Å². The zero-order valence-electron chi connectivity index (χ0n) is 13.1. The zero-order chi connectivity index (χ0) is 16.8. The van der Waals surface area contributed by atoms with Gasteiger partial charge in [-0.2, -0.15) is 0 Å². The van der Waals surface area contributed by atoms with Gasteiger partial charge in [-0.05, 0) is 49.2 Å². The molecule has 0 fully saturated rings. The van der Waals surface area contributed by atoms with Crippen molar-refractivity contribution in [3.05, 3.63) is 75.8 Å². The minimum atomic E-state index is -0.449. The van der Waals surface area contributed by atoms with Crippen LogP contribution in [0.1, 0.15) is 18.1 Å². The number of aryl methyl sites for hydroxylation is 1. The van der Waals surface area contributed by atoms with Crippen molar-refractivity contribution < 1.29 is 9.72 Å². The van der Waals surface area contributed by atoms with Crippen molar-refractivity contribution in [2.45, 2.75) is 13.8 Å². The molecule has 0 bridgehead atoms. The third-order valence-electron chi connectivity index (χ3n) is 3.51. The highest BCUT2D eigenvalue weighted by Gasteiger charge is 2.12. The Morgan fingerprint density at radius 3 is 2.39 bits per heavy atom. The van der Waals surface area contributed by atoms with Gasteiger partial charge in [0.15, 0.2) is 0 Å². The molecule has 2 aromatic carbocycles. The summed E-state index contributed by atoms with van der Waals surface area (Å²) in [6, 6.07) is 13.8. The fraction of sp³-hybridized carbons (Fsp3) is 0.167. The molecule has 0 saturated heterocycles. The highest BCUT2D eigenvalue weighted by Crippen LogP contribution is 2.20. The number of non-ortho nitro benzene ring substituents is 1. The molecule has 5 nitrogen and oxygen atoms in total. The maximum absolute atomic E-state index is 12.4. The molecule has 1 amide bonds.